The smallest absolute Gasteiger partial charge is 0.320 e. The number of ketones is 2. The predicted molar refractivity (Wildman–Crippen MR) is 83.9 cm³/mol. The summed E-state index contributed by atoms with van der Waals surface area (Å²) in [5.41, 5.74) is -1.39. The van der Waals surface area contributed by atoms with Crippen molar-refractivity contribution in [3.63, 3.8) is 0 Å². The Bertz CT molecular complexity index is 566. The number of ether oxygens (including phenoxy) is 3. The Labute approximate surface area is 141 Å². The van der Waals surface area contributed by atoms with E-state index in [1.54, 1.807) is 13.0 Å². The monoisotopic (exact) mass is 336 g/mol. The summed E-state index contributed by atoms with van der Waals surface area (Å²) in [6.07, 6.45) is 2.76. The van der Waals surface area contributed by atoms with Crippen LogP contribution in [-0.4, -0.2) is 43.6 Å². The summed E-state index contributed by atoms with van der Waals surface area (Å²) < 4.78 is 16.9. The van der Waals surface area contributed by atoms with E-state index in [0.29, 0.717) is 26.1 Å². The molecule has 1 saturated heterocycles. The lowest BCUT2D eigenvalue weighted by Gasteiger charge is -2.56. The third kappa shape index (κ3) is 2.12. The first-order chi connectivity index (χ1) is 11.4. The minimum Gasteiger partial charge on any atom is -0.468 e. The first-order valence-corrected chi connectivity index (χ1v) is 8.47. The Morgan fingerprint density at radius 3 is 2.62 bits per heavy atom. The van der Waals surface area contributed by atoms with Crippen LogP contribution in [0, 0.1) is 23.2 Å². The number of Topliss-reactive ketones (excluding diaryl/α,β-unsaturated/α-hetero) is 2. The molecule has 3 fully saturated rings. The van der Waals surface area contributed by atoms with Crippen LogP contribution in [0.5, 0.6) is 0 Å². The summed E-state index contributed by atoms with van der Waals surface area (Å²) in [5.74, 6) is -3.43. The van der Waals surface area contributed by atoms with Gasteiger partial charge in [-0.15, -0.1) is 6.58 Å². The summed E-state index contributed by atoms with van der Waals surface area (Å²) in [4.78, 5) is 38.6. The molecule has 1 spiro atoms. The quantitative estimate of drug-likeness (QED) is 0.443. The van der Waals surface area contributed by atoms with Crippen molar-refractivity contribution in [1.82, 2.24) is 0 Å². The zero-order valence-corrected chi connectivity index (χ0v) is 14.2. The molecule has 2 saturated carbocycles. The maximum Gasteiger partial charge on any atom is 0.320 e. The molecule has 0 N–H and O–H groups in total. The van der Waals surface area contributed by atoms with Crippen LogP contribution in [0.3, 0.4) is 0 Å². The second-order valence-electron chi connectivity index (χ2n) is 6.97. The fourth-order valence-corrected chi connectivity index (χ4v) is 5.03. The van der Waals surface area contributed by atoms with E-state index >= 15 is 0 Å². The zero-order chi connectivity index (χ0) is 17.5. The Morgan fingerprint density at radius 1 is 1.38 bits per heavy atom. The molecule has 0 bridgehead atoms. The molecule has 0 aromatic rings. The molecule has 1 heterocycles. The topological polar surface area (TPSA) is 78.9 Å². The molecule has 1 unspecified atom stereocenters. The van der Waals surface area contributed by atoms with Crippen LogP contribution in [0.2, 0.25) is 0 Å². The molecule has 0 aromatic heterocycles. The molecule has 3 rings (SSSR count). The van der Waals surface area contributed by atoms with Gasteiger partial charge in [0.15, 0.2) is 11.6 Å². The van der Waals surface area contributed by atoms with Crippen molar-refractivity contribution in [2.24, 2.45) is 23.2 Å². The number of carbonyl (C=O) groups is 3. The van der Waals surface area contributed by atoms with E-state index in [1.165, 1.54) is 7.11 Å². The highest BCUT2D eigenvalue weighted by molar-refractivity contribution is 6.07. The van der Waals surface area contributed by atoms with E-state index in [-0.39, 0.29) is 24.4 Å². The number of methoxy groups -OCH3 is 1. The van der Waals surface area contributed by atoms with Crippen LogP contribution in [0.15, 0.2) is 12.7 Å². The van der Waals surface area contributed by atoms with Crippen molar-refractivity contribution in [3.05, 3.63) is 12.7 Å². The van der Waals surface area contributed by atoms with Gasteiger partial charge in [0, 0.05) is 31.1 Å². The van der Waals surface area contributed by atoms with E-state index in [9.17, 15) is 14.4 Å². The fraction of sp³-hybridized carbons (Fsp3) is 0.722. The number of carbonyl (C=O) groups excluding carboxylic acids is 3. The summed E-state index contributed by atoms with van der Waals surface area (Å²) in [6.45, 7) is 6.30. The number of rotatable bonds is 3. The van der Waals surface area contributed by atoms with Crippen molar-refractivity contribution in [2.45, 2.75) is 38.4 Å². The third-order valence-electron chi connectivity index (χ3n) is 5.95. The van der Waals surface area contributed by atoms with Gasteiger partial charge in [0.25, 0.3) is 0 Å². The van der Waals surface area contributed by atoms with Crippen LogP contribution >= 0.6 is 0 Å². The van der Waals surface area contributed by atoms with E-state index in [2.05, 4.69) is 6.58 Å². The van der Waals surface area contributed by atoms with Gasteiger partial charge in [0.1, 0.15) is 11.2 Å². The van der Waals surface area contributed by atoms with Gasteiger partial charge in [0.2, 0.25) is 0 Å². The van der Waals surface area contributed by atoms with Crippen LogP contribution in [0.25, 0.3) is 0 Å². The van der Waals surface area contributed by atoms with Crippen LogP contribution in [0.4, 0.5) is 0 Å². The van der Waals surface area contributed by atoms with Crippen molar-refractivity contribution in [3.8, 4) is 0 Å². The zero-order valence-electron chi connectivity index (χ0n) is 14.2. The Morgan fingerprint density at radius 2 is 2.04 bits per heavy atom. The van der Waals surface area contributed by atoms with Crippen LogP contribution in [0.1, 0.15) is 32.6 Å². The predicted octanol–water partition coefficient (Wildman–Crippen LogP) is 1.67. The van der Waals surface area contributed by atoms with Gasteiger partial charge in [-0.05, 0) is 12.3 Å². The van der Waals surface area contributed by atoms with Gasteiger partial charge in [0.05, 0.1) is 20.3 Å². The van der Waals surface area contributed by atoms with Crippen molar-refractivity contribution < 1.29 is 28.6 Å². The molecule has 1 aliphatic heterocycles. The molecule has 6 nitrogen and oxygen atoms in total. The average Bonchev–Trinajstić information content (AvgIpc) is 3.02. The molecule has 3 aliphatic rings. The Hall–Kier alpha value is -1.53. The maximum atomic E-state index is 13.0. The number of fused-ring (bicyclic) bond motifs is 2. The molecular formula is C18H24O6. The second kappa shape index (κ2) is 6.08. The molecule has 0 radical (unpaired) electrons. The third-order valence-corrected chi connectivity index (χ3v) is 5.95. The minimum absolute atomic E-state index is 0.0279. The Kier molecular flexibility index (Phi) is 4.38. The maximum absolute atomic E-state index is 13.0. The molecular weight excluding hydrogens is 312 g/mol. The first kappa shape index (κ1) is 17.3. The lowest BCUT2D eigenvalue weighted by molar-refractivity contribution is -0.262. The highest BCUT2D eigenvalue weighted by atomic mass is 16.7. The summed E-state index contributed by atoms with van der Waals surface area (Å²) in [5, 5.41) is 0. The molecule has 24 heavy (non-hydrogen) atoms. The van der Waals surface area contributed by atoms with Gasteiger partial charge >= 0.3 is 5.97 Å². The van der Waals surface area contributed by atoms with E-state index in [1.807, 2.05) is 0 Å². The largest absolute Gasteiger partial charge is 0.468 e. The average molecular weight is 336 g/mol. The van der Waals surface area contributed by atoms with Gasteiger partial charge in [-0.1, -0.05) is 13.0 Å². The van der Waals surface area contributed by atoms with Crippen molar-refractivity contribution >= 4 is 17.5 Å². The van der Waals surface area contributed by atoms with E-state index < -0.39 is 34.9 Å². The molecule has 2 aliphatic carbocycles. The fourth-order valence-electron chi connectivity index (χ4n) is 5.03. The molecule has 0 amide bonds. The molecule has 132 valence electrons. The van der Waals surface area contributed by atoms with Crippen LogP contribution < -0.4 is 0 Å². The van der Waals surface area contributed by atoms with Gasteiger partial charge < -0.3 is 14.2 Å². The standard InChI is InChI=1S/C18H24O6/c1-4-5-12-13(19)10-11(2)18(16(21)22-3)14(20)6-7-17(15(12)18)23-8-9-24-17/h4,11-12,15H,1,5-10H2,2-3H3/t11-,12-,15?,18+/m0/s1. The number of esters is 1. The lowest BCUT2D eigenvalue weighted by Crippen LogP contribution is -2.68. The first-order valence-electron chi connectivity index (χ1n) is 8.47. The number of allylic oxidation sites excluding steroid dienone is 1. The van der Waals surface area contributed by atoms with Gasteiger partial charge in [-0.3, -0.25) is 14.4 Å². The van der Waals surface area contributed by atoms with Crippen molar-refractivity contribution in [2.75, 3.05) is 20.3 Å². The number of hydrogen-bond acceptors (Lipinski definition) is 6. The van der Waals surface area contributed by atoms with E-state index in [4.69, 9.17) is 14.2 Å². The molecule has 4 atom stereocenters. The molecule has 6 heteroatoms. The van der Waals surface area contributed by atoms with Gasteiger partial charge in [-0.25, -0.2) is 0 Å². The molecule has 0 aromatic carbocycles. The van der Waals surface area contributed by atoms with Crippen LogP contribution in [-0.2, 0) is 28.6 Å². The second-order valence-corrected chi connectivity index (χ2v) is 6.97. The minimum atomic E-state index is -1.39. The van der Waals surface area contributed by atoms with Crippen molar-refractivity contribution in [1.29, 1.82) is 0 Å². The van der Waals surface area contributed by atoms with Gasteiger partial charge in [-0.2, -0.15) is 0 Å². The summed E-state index contributed by atoms with van der Waals surface area (Å²) >= 11 is 0. The highest BCUT2D eigenvalue weighted by Crippen LogP contribution is 2.59. The Balaban J connectivity index is 2.21. The SMILES string of the molecule is C=CC[C@H]1C(=O)C[C@H](C)[C@@]2(C(=O)OC)C(=O)CCC3(OCCO3)C12. The highest BCUT2D eigenvalue weighted by Gasteiger charge is 2.71. The van der Waals surface area contributed by atoms with E-state index in [0.717, 1.165) is 0 Å². The lowest BCUT2D eigenvalue weighted by atomic mass is 9.48. The number of hydrogen-bond donors (Lipinski definition) is 0. The normalized spacial score (nSPS) is 38.0. The summed E-state index contributed by atoms with van der Waals surface area (Å²) in [6, 6.07) is 0. The summed E-state index contributed by atoms with van der Waals surface area (Å²) in [7, 11) is 1.28.